The summed E-state index contributed by atoms with van der Waals surface area (Å²) in [4.78, 5) is 0. The van der Waals surface area contributed by atoms with Crippen LogP contribution in [0.4, 0.5) is 0 Å². The van der Waals surface area contributed by atoms with Gasteiger partial charge in [-0.15, -0.1) is 0 Å². The maximum atomic E-state index is 9.69. The normalized spacial score (nSPS) is 12.5. The van der Waals surface area contributed by atoms with Crippen molar-refractivity contribution in [2.45, 2.75) is 79.2 Å². The predicted molar refractivity (Wildman–Crippen MR) is 116 cm³/mol. The van der Waals surface area contributed by atoms with E-state index in [1.165, 1.54) is 61.0 Å². The molecule has 0 amide bonds. The van der Waals surface area contributed by atoms with Gasteiger partial charge in [-0.1, -0.05) is 0 Å². The summed E-state index contributed by atoms with van der Waals surface area (Å²) in [6.07, 6.45) is 9.96. The summed E-state index contributed by atoms with van der Waals surface area (Å²) < 4.78 is 12.0. The van der Waals surface area contributed by atoms with Gasteiger partial charge in [0.05, 0.1) is 0 Å². The molecule has 0 saturated carbocycles. The van der Waals surface area contributed by atoms with Gasteiger partial charge >= 0.3 is 166 Å². The van der Waals surface area contributed by atoms with Crippen LogP contribution in [-0.2, 0) is 11.3 Å². The first-order valence-corrected chi connectivity index (χ1v) is 18.1. The first kappa shape index (κ1) is 23.7. The third-order valence-electron chi connectivity index (χ3n) is 5.41. The molecule has 1 aromatic carbocycles. The zero-order chi connectivity index (χ0) is 19.1. The Bertz CT molecular complexity index is 462. The summed E-state index contributed by atoms with van der Waals surface area (Å²) in [5, 5.41) is 9.69. The molecule has 0 saturated heterocycles. The molecule has 0 fully saturated rings. The summed E-state index contributed by atoms with van der Waals surface area (Å²) in [7, 11) is 0. The summed E-state index contributed by atoms with van der Waals surface area (Å²) in [6.45, 7) is 8.46. The van der Waals surface area contributed by atoms with Crippen molar-refractivity contribution in [3.8, 4) is 0 Å². The standard InChI is InChI=1S/C11H13O2.3C4H9.Sn/c12-8-4-5-9-13-10-11-6-2-1-3-7-11;3*1-3-4-2;/h1-4,6-7,12H,8-10H2;3*1,3-4H2,2H3;. The van der Waals surface area contributed by atoms with Crippen molar-refractivity contribution in [2.75, 3.05) is 13.2 Å². The van der Waals surface area contributed by atoms with E-state index in [1.54, 1.807) is 0 Å². The van der Waals surface area contributed by atoms with Gasteiger partial charge in [-0.3, -0.25) is 0 Å². The van der Waals surface area contributed by atoms with Crippen LogP contribution < -0.4 is 0 Å². The van der Waals surface area contributed by atoms with Crippen molar-refractivity contribution < 1.29 is 9.84 Å². The molecule has 0 atom stereocenters. The van der Waals surface area contributed by atoms with Gasteiger partial charge in [0.15, 0.2) is 0 Å². The molecule has 0 bridgehead atoms. The number of aliphatic hydroxyl groups excluding tert-OH is 1. The summed E-state index contributed by atoms with van der Waals surface area (Å²) in [5.41, 5.74) is 1.23. The number of aliphatic hydroxyl groups is 1. The molecule has 0 aliphatic carbocycles. The minimum atomic E-state index is -2.48. The van der Waals surface area contributed by atoms with Crippen LogP contribution in [0.15, 0.2) is 40.0 Å². The van der Waals surface area contributed by atoms with Crippen LogP contribution in [0.5, 0.6) is 0 Å². The molecule has 0 aliphatic rings. The first-order valence-electron chi connectivity index (χ1n) is 10.6. The molecule has 1 rings (SSSR count). The first-order chi connectivity index (χ1) is 12.7. The van der Waals surface area contributed by atoms with Crippen LogP contribution in [-0.4, -0.2) is 36.7 Å². The van der Waals surface area contributed by atoms with Gasteiger partial charge in [-0.05, 0) is 0 Å². The monoisotopic (exact) mass is 468 g/mol. The van der Waals surface area contributed by atoms with Crippen LogP contribution >= 0.6 is 0 Å². The van der Waals surface area contributed by atoms with Crippen molar-refractivity contribution in [3.05, 3.63) is 45.6 Å². The van der Waals surface area contributed by atoms with E-state index in [0.717, 1.165) is 6.61 Å². The fraction of sp³-hybridized carbons (Fsp3) is 0.652. The van der Waals surface area contributed by atoms with E-state index in [0.29, 0.717) is 6.61 Å². The van der Waals surface area contributed by atoms with E-state index in [2.05, 4.69) is 51.1 Å². The Hall–Kier alpha value is -0.321. The van der Waals surface area contributed by atoms with Gasteiger partial charge < -0.3 is 0 Å². The average Bonchev–Trinajstić information content (AvgIpc) is 2.68. The van der Waals surface area contributed by atoms with Crippen LogP contribution in [0.1, 0.15) is 64.9 Å². The average molecular weight is 467 g/mol. The third kappa shape index (κ3) is 8.58. The second kappa shape index (κ2) is 14.7. The molecular weight excluding hydrogens is 427 g/mol. The van der Waals surface area contributed by atoms with E-state index < -0.39 is 18.4 Å². The van der Waals surface area contributed by atoms with Crippen molar-refractivity contribution in [1.82, 2.24) is 0 Å². The zero-order valence-electron chi connectivity index (χ0n) is 17.3. The number of ether oxygens (including phenoxy) is 1. The molecule has 0 heterocycles. The van der Waals surface area contributed by atoms with E-state index in [1.807, 2.05) is 6.07 Å². The van der Waals surface area contributed by atoms with Crippen LogP contribution in [0.2, 0.25) is 13.3 Å². The summed E-state index contributed by atoms with van der Waals surface area (Å²) in [5.74, 6) is 0. The number of benzene rings is 1. The topological polar surface area (TPSA) is 29.5 Å². The fourth-order valence-corrected chi connectivity index (χ4v) is 20.2. The second-order valence-electron chi connectivity index (χ2n) is 7.48. The number of hydrogen-bond donors (Lipinski definition) is 1. The van der Waals surface area contributed by atoms with Gasteiger partial charge in [0.2, 0.25) is 0 Å². The number of unbranched alkanes of at least 4 members (excludes halogenated alkanes) is 3. The zero-order valence-corrected chi connectivity index (χ0v) is 20.2. The Labute approximate surface area is 165 Å². The molecule has 0 aromatic heterocycles. The van der Waals surface area contributed by atoms with Crippen LogP contribution in [0, 0.1) is 0 Å². The van der Waals surface area contributed by atoms with Crippen molar-refractivity contribution in [2.24, 2.45) is 0 Å². The van der Waals surface area contributed by atoms with Crippen molar-refractivity contribution in [3.63, 3.8) is 0 Å². The quantitative estimate of drug-likeness (QED) is 0.298. The van der Waals surface area contributed by atoms with E-state index in [9.17, 15) is 5.11 Å². The van der Waals surface area contributed by atoms with Crippen LogP contribution in [0.25, 0.3) is 0 Å². The molecular formula is C23H40O2Sn. The second-order valence-corrected chi connectivity index (χ2v) is 20.9. The summed E-state index contributed by atoms with van der Waals surface area (Å²) in [6, 6.07) is 10.4. The molecule has 148 valence electrons. The van der Waals surface area contributed by atoms with E-state index >= 15 is 0 Å². The van der Waals surface area contributed by atoms with Crippen molar-refractivity contribution >= 4 is 18.4 Å². The molecule has 1 aromatic rings. The van der Waals surface area contributed by atoms with Gasteiger partial charge in [0, 0.05) is 0 Å². The predicted octanol–water partition coefficient (Wildman–Crippen LogP) is 6.51. The Kier molecular flexibility index (Phi) is 13.4. The Morgan fingerprint density at radius 1 is 0.923 bits per heavy atom. The number of hydrogen-bond acceptors (Lipinski definition) is 2. The molecule has 0 unspecified atom stereocenters. The fourth-order valence-electron chi connectivity index (χ4n) is 3.79. The molecule has 0 aliphatic heterocycles. The molecule has 26 heavy (non-hydrogen) atoms. The van der Waals surface area contributed by atoms with Gasteiger partial charge in [-0.2, -0.15) is 0 Å². The maximum absolute atomic E-state index is 9.69. The Morgan fingerprint density at radius 3 is 1.92 bits per heavy atom. The molecule has 0 radical (unpaired) electrons. The van der Waals surface area contributed by atoms with Gasteiger partial charge in [0.25, 0.3) is 0 Å². The SMILES string of the molecule is CCC[CH2][Sn]([CH2]CCC)([CH2]CCC)/[C](=C/CO)COCc1ccccc1. The van der Waals surface area contributed by atoms with E-state index in [-0.39, 0.29) is 6.61 Å². The van der Waals surface area contributed by atoms with Crippen molar-refractivity contribution in [1.29, 1.82) is 0 Å². The van der Waals surface area contributed by atoms with Gasteiger partial charge in [0.1, 0.15) is 0 Å². The Morgan fingerprint density at radius 2 is 1.46 bits per heavy atom. The van der Waals surface area contributed by atoms with E-state index in [4.69, 9.17) is 4.74 Å². The summed E-state index contributed by atoms with van der Waals surface area (Å²) >= 11 is -2.48. The van der Waals surface area contributed by atoms with Crippen LogP contribution in [0.3, 0.4) is 0 Å². The Balaban J connectivity index is 2.90. The number of rotatable bonds is 15. The molecule has 3 heteroatoms. The molecule has 0 spiro atoms. The molecule has 2 nitrogen and oxygen atoms in total. The molecule has 1 N–H and O–H groups in total. The van der Waals surface area contributed by atoms with Gasteiger partial charge in [-0.25, -0.2) is 0 Å². The minimum absolute atomic E-state index is 0.160. The third-order valence-corrected chi connectivity index (χ3v) is 21.5.